The van der Waals surface area contributed by atoms with Crippen LogP contribution in [0.1, 0.15) is 31.7 Å². The maximum Gasteiger partial charge on any atom is 0.0399 e. The second-order valence-electron chi connectivity index (χ2n) is 6.24. The normalized spacial score (nSPS) is 24.3. The van der Waals surface area contributed by atoms with E-state index in [0.29, 0.717) is 0 Å². The molecular weight excluding hydrogens is 232 g/mol. The van der Waals surface area contributed by atoms with Gasteiger partial charge in [-0.05, 0) is 62.2 Å². The molecule has 0 bridgehead atoms. The van der Waals surface area contributed by atoms with E-state index in [1.165, 1.54) is 63.1 Å². The number of anilines is 1. The van der Waals surface area contributed by atoms with Crippen LogP contribution in [0.15, 0.2) is 24.3 Å². The largest absolute Gasteiger partial charge is 0.371 e. The summed E-state index contributed by atoms with van der Waals surface area (Å²) in [5.41, 5.74) is 3.02. The Morgan fingerprint density at radius 1 is 1.37 bits per heavy atom. The Morgan fingerprint density at radius 3 is 3.11 bits per heavy atom. The van der Waals surface area contributed by atoms with Crippen LogP contribution >= 0.6 is 0 Å². The van der Waals surface area contributed by atoms with E-state index in [-0.39, 0.29) is 0 Å². The van der Waals surface area contributed by atoms with Gasteiger partial charge in [0, 0.05) is 18.8 Å². The minimum Gasteiger partial charge on any atom is -0.371 e. The molecule has 3 rings (SSSR count). The predicted molar refractivity (Wildman–Crippen MR) is 81.7 cm³/mol. The highest BCUT2D eigenvalue weighted by Crippen LogP contribution is 2.29. The smallest absolute Gasteiger partial charge is 0.0399 e. The lowest BCUT2D eigenvalue weighted by molar-refractivity contribution is 0.269. The van der Waals surface area contributed by atoms with Crippen LogP contribution in [0.3, 0.4) is 0 Å². The molecule has 104 valence electrons. The highest BCUT2D eigenvalue weighted by molar-refractivity contribution is 5.57. The maximum absolute atomic E-state index is 3.55. The van der Waals surface area contributed by atoms with Crippen LogP contribution in [0.5, 0.6) is 0 Å². The van der Waals surface area contributed by atoms with Gasteiger partial charge in [0.05, 0.1) is 0 Å². The Kier molecular flexibility index (Phi) is 4.07. The molecule has 19 heavy (non-hydrogen) atoms. The Bertz CT molecular complexity index is 409. The molecule has 2 aliphatic heterocycles. The highest BCUT2D eigenvalue weighted by atomic mass is 15.1. The van der Waals surface area contributed by atoms with E-state index >= 15 is 0 Å². The first-order chi connectivity index (χ1) is 9.34. The van der Waals surface area contributed by atoms with Crippen LogP contribution in [0.25, 0.3) is 0 Å². The molecule has 0 amide bonds. The molecule has 2 heteroatoms. The zero-order chi connectivity index (χ0) is 13.1. The van der Waals surface area contributed by atoms with Crippen molar-refractivity contribution in [1.82, 2.24) is 5.32 Å². The summed E-state index contributed by atoms with van der Waals surface area (Å²) in [5.74, 6) is 1.74. The average molecular weight is 258 g/mol. The van der Waals surface area contributed by atoms with Gasteiger partial charge in [0.25, 0.3) is 0 Å². The molecule has 1 N–H and O–H groups in total. The SMILES string of the molecule is CC(CCN1CCc2ccccc21)C1CCCNC1. The minimum absolute atomic E-state index is 0.848. The first-order valence-corrected chi connectivity index (χ1v) is 7.88. The van der Waals surface area contributed by atoms with Gasteiger partial charge in [-0.3, -0.25) is 0 Å². The van der Waals surface area contributed by atoms with E-state index in [2.05, 4.69) is 41.4 Å². The van der Waals surface area contributed by atoms with Crippen molar-refractivity contribution in [3.8, 4) is 0 Å². The molecule has 1 saturated heterocycles. The van der Waals surface area contributed by atoms with Gasteiger partial charge in [-0.15, -0.1) is 0 Å². The second kappa shape index (κ2) is 5.96. The van der Waals surface area contributed by atoms with Gasteiger partial charge in [-0.1, -0.05) is 25.1 Å². The van der Waals surface area contributed by atoms with Crippen molar-refractivity contribution in [2.45, 2.75) is 32.6 Å². The third-order valence-corrected chi connectivity index (χ3v) is 4.98. The van der Waals surface area contributed by atoms with Gasteiger partial charge in [0.1, 0.15) is 0 Å². The maximum atomic E-state index is 3.55. The van der Waals surface area contributed by atoms with Crippen LogP contribution in [0.2, 0.25) is 0 Å². The third kappa shape index (κ3) is 2.94. The summed E-state index contributed by atoms with van der Waals surface area (Å²) in [5, 5.41) is 3.55. The lowest BCUT2D eigenvalue weighted by Crippen LogP contribution is -2.34. The molecule has 2 atom stereocenters. The first-order valence-electron chi connectivity index (χ1n) is 7.88. The lowest BCUT2D eigenvalue weighted by Gasteiger charge is -2.30. The number of hydrogen-bond donors (Lipinski definition) is 1. The van der Waals surface area contributed by atoms with Crippen molar-refractivity contribution in [2.75, 3.05) is 31.1 Å². The van der Waals surface area contributed by atoms with Crippen molar-refractivity contribution >= 4 is 5.69 Å². The molecule has 2 aliphatic rings. The molecule has 1 fully saturated rings. The van der Waals surface area contributed by atoms with Crippen LogP contribution in [-0.2, 0) is 6.42 Å². The van der Waals surface area contributed by atoms with E-state index in [1.807, 2.05) is 0 Å². The fourth-order valence-electron chi connectivity index (χ4n) is 3.60. The summed E-state index contributed by atoms with van der Waals surface area (Å²) < 4.78 is 0. The summed E-state index contributed by atoms with van der Waals surface area (Å²) in [6.07, 6.45) is 5.35. The molecule has 0 aromatic heterocycles. The summed E-state index contributed by atoms with van der Waals surface area (Å²) in [6.45, 7) is 7.35. The molecule has 2 nitrogen and oxygen atoms in total. The molecule has 0 radical (unpaired) electrons. The van der Waals surface area contributed by atoms with E-state index in [9.17, 15) is 0 Å². The van der Waals surface area contributed by atoms with E-state index in [1.54, 1.807) is 0 Å². The van der Waals surface area contributed by atoms with Crippen molar-refractivity contribution < 1.29 is 0 Å². The van der Waals surface area contributed by atoms with Gasteiger partial charge in [-0.2, -0.15) is 0 Å². The lowest BCUT2D eigenvalue weighted by atomic mass is 9.85. The number of fused-ring (bicyclic) bond motifs is 1. The fourth-order valence-corrected chi connectivity index (χ4v) is 3.60. The summed E-state index contributed by atoms with van der Waals surface area (Å²) in [4.78, 5) is 2.59. The highest BCUT2D eigenvalue weighted by Gasteiger charge is 2.22. The van der Waals surface area contributed by atoms with Crippen LogP contribution < -0.4 is 10.2 Å². The zero-order valence-corrected chi connectivity index (χ0v) is 12.1. The zero-order valence-electron chi connectivity index (χ0n) is 12.1. The molecule has 1 aromatic rings. The van der Waals surface area contributed by atoms with Gasteiger partial charge >= 0.3 is 0 Å². The van der Waals surface area contributed by atoms with Gasteiger partial charge < -0.3 is 10.2 Å². The van der Waals surface area contributed by atoms with Gasteiger partial charge in [-0.25, -0.2) is 0 Å². The van der Waals surface area contributed by atoms with Crippen LogP contribution in [0, 0.1) is 11.8 Å². The first kappa shape index (κ1) is 13.0. The number of nitrogens with one attached hydrogen (secondary N) is 1. The van der Waals surface area contributed by atoms with Crippen molar-refractivity contribution in [3.63, 3.8) is 0 Å². The Balaban J connectivity index is 1.52. The predicted octanol–water partition coefficient (Wildman–Crippen LogP) is 3.07. The van der Waals surface area contributed by atoms with Crippen molar-refractivity contribution in [3.05, 3.63) is 29.8 Å². The van der Waals surface area contributed by atoms with E-state index in [0.717, 1.165) is 11.8 Å². The van der Waals surface area contributed by atoms with Crippen molar-refractivity contribution in [1.29, 1.82) is 0 Å². The van der Waals surface area contributed by atoms with Crippen LogP contribution in [0.4, 0.5) is 5.69 Å². The quantitative estimate of drug-likeness (QED) is 0.893. The van der Waals surface area contributed by atoms with E-state index in [4.69, 9.17) is 0 Å². The fraction of sp³-hybridized carbons (Fsp3) is 0.647. The molecule has 0 spiro atoms. The number of para-hydroxylation sites is 1. The summed E-state index contributed by atoms with van der Waals surface area (Å²) in [6, 6.07) is 8.91. The monoisotopic (exact) mass is 258 g/mol. The molecular formula is C17H26N2. The van der Waals surface area contributed by atoms with E-state index < -0.39 is 0 Å². The molecule has 1 aromatic carbocycles. The topological polar surface area (TPSA) is 15.3 Å². The Hall–Kier alpha value is -1.02. The standard InChI is InChI=1S/C17H26N2/c1-14(16-6-4-10-18-13-16)8-11-19-12-9-15-5-2-3-7-17(15)19/h2-3,5,7,14,16,18H,4,6,8-13H2,1H3. The Labute approximate surface area is 117 Å². The third-order valence-electron chi connectivity index (χ3n) is 4.98. The number of nitrogens with zero attached hydrogens (tertiary/aromatic N) is 1. The van der Waals surface area contributed by atoms with Crippen LogP contribution in [-0.4, -0.2) is 26.2 Å². The van der Waals surface area contributed by atoms with Gasteiger partial charge in [0.15, 0.2) is 0 Å². The minimum atomic E-state index is 0.848. The molecule has 0 saturated carbocycles. The number of hydrogen-bond acceptors (Lipinski definition) is 2. The number of rotatable bonds is 4. The second-order valence-corrected chi connectivity index (χ2v) is 6.24. The Morgan fingerprint density at radius 2 is 2.26 bits per heavy atom. The molecule has 2 unspecified atom stereocenters. The molecule has 0 aliphatic carbocycles. The summed E-state index contributed by atoms with van der Waals surface area (Å²) in [7, 11) is 0. The number of benzene rings is 1. The number of piperidine rings is 1. The summed E-state index contributed by atoms with van der Waals surface area (Å²) >= 11 is 0. The van der Waals surface area contributed by atoms with Gasteiger partial charge in [0.2, 0.25) is 0 Å². The average Bonchev–Trinajstić information content (AvgIpc) is 2.89. The van der Waals surface area contributed by atoms with Crippen molar-refractivity contribution in [2.24, 2.45) is 11.8 Å². The molecule has 2 heterocycles.